The van der Waals surface area contributed by atoms with E-state index >= 15 is 0 Å². The number of nitrogens with one attached hydrogen (secondary N) is 1. The molecule has 0 bridgehead atoms. The molecule has 102 valence electrons. The molecule has 0 saturated carbocycles. The first kappa shape index (κ1) is 12.5. The Bertz CT molecular complexity index is 465. The number of thioether (sulfide) groups is 1. The molecule has 8 heteroatoms. The summed E-state index contributed by atoms with van der Waals surface area (Å²) in [7, 11) is 0. The number of amides is 3. The minimum Gasteiger partial charge on any atom is -0.459 e. The number of hydrogen-bond donors (Lipinski definition) is 1. The molecule has 2 unspecified atom stereocenters. The highest BCUT2D eigenvalue weighted by molar-refractivity contribution is 7.99. The molecule has 3 aliphatic rings. The zero-order valence-electron chi connectivity index (χ0n) is 10.1. The van der Waals surface area contributed by atoms with Gasteiger partial charge >= 0.3 is 0 Å². The molecule has 0 aromatic carbocycles. The smallest absolute Gasteiger partial charge is 0.292 e. The van der Waals surface area contributed by atoms with Gasteiger partial charge in [-0.1, -0.05) is 0 Å². The molecule has 2 atom stereocenters. The molecule has 3 rings (SSSR count). The fourth-order valence-electron chi connectivity index (χ4n) is 2.54. The zero-order chi connectivity index (χ0) is 13.6. The van der Waals surface area contributed by atoms with Gasteiger partial charge in [-0.25, -0.2) is 0 Å². The average Bonchev–Trinajstić information content (AvgIpc) is 2.99. The van der Waals surface area contributed by atoms with Crippen LogP contribution in [0.15, 0.2) is 0 Å². The van der Waals surface area contributed by atoms with Gasteiger partial charge in [0.2, 0.25) is 11.8 Å². The van der Waals surface area contributed by atoms with Gasteiger partial charge in [0.05, 0.1) is 6.04 Å². The van der Waals surface area contributed by atoms with Crippen LogP contribution in [0.1, 0.15) is 12.8 Å². The second-order valence-electron chi connectivity index (χ2n) is 4.70. The topological polar surface area (TPSA) is 90.8 Å². The number of hydrogen-bond acceptors (Lipinski definition) is 6. The molecule has 1 N–H and O–H groups in total. The Kier molecular flexibility index (Phi) is 2.96. The van der Waals surface area contributed by atoms with Gasteiger partial charge in [-0.05, 0) is 0 Å². The van der Waals surface area contributed by atoms with Crippen LogP contribution in [0.3, 0.4) is 0 Å². The second kappa shape index (κ2) is 4.52. The summed E-state index contributed by atoms with van der Waals surface area (Å²) in [4.78, 5) is 37.4. The molecule has 0 spiro atoms. The minimum atomic E-state index is -0.413. The molecular formula is C11H13N3O4S. The van der Waals surface area contributed by atoms with Crippen LogP contribution in [0.2, 0.25) is 0 Å². The quantitative estimate of drug-likeness (QED) is 0.684. The summed E-state index contributed by atoms with van der Waals surface area (Å²) >= 11 is 1.67. The van der Waals surface area contributed by atoms with Gasteiger partial charge in [0.15, 0.2) is 0 Å². The van der Waals surface area contributed by atoms with Crippen LogP contribution in [-0.4, -0.2) is 63.7 Å². The summed E-state index contributed by atoms with van der Waals surface area (Å²) in [5, 5.41) is 7.69. The Labute approximate surface area is 113 Å². The normalized spacial score (nSPS) is 30.0. The van der Waals surface area contributed by atoms with E-state index in [-0.39, 0.29) is 49.4 Å². The number of nitrogens with zero attached hydrogens (tertiary/aromatic N) is 2. The third-order valence-corrected chi connectivity index (χ3v) is 4.67. The Morgan fingerprint density at radius 2 is 2.00 bits per heavy atom. The van der Waals surface area contributed by atoms with Crippen LogP contribution >= 0.6 is 11.8 Å². The van der Waals surface area contributed by atoms with Crippen molar-refractivity contribution in [2.24, 2.45) is 0 Å². The number of imide groups is 1. The Morgan fingerprint density at radius 1 is 1.32 bits per heavy atom. The van der Waals surface area contributed by atoms with Crippen molar-refractivity contribution in [3.05, 3.63) is 0 Å². The summed E-state index contributed by atoms with van der Waals surface area (Å²) < 4.78 is 5.32. The molecule has 0 aliphatic carbocycles. The van der Waals surface area contributed by atoms with E-state index in [4.69, 9.17) is 10.1 Å². The van der Waals surface area contributed by atoms with Crippen molar-refractivity contribution in [2.75, 3.05) is 18.1 Å². The lowest BCUT2D eigenvalue weighted by Crippen LogP contribution is -2.47. The van der Waals surface area contributed by atoms with Crippen LogP contribution in [0.4, 0.5) is 0 Å². The van der Waals surface area contributed by atoms with Crippen molar-refractivity contribution >= 4 is 35.5 Å². The number of rotatable bonds is 2. The molecule has 0 aromatic rings. The van der Waals surface area contributed by atoms with Crippen LogP contribution in [0.25, 0.3) is 0 Å². The van der Waals surface area contributed by atoms with E-state index in [0.29, 0.717) is 0 Å². The summed E-state index contributed by atoms with van der Waals surface area (Å²) in [6, 6.07) is -0.308. The van der Waals surface area contributed by atoms with Gasteiger partial charge in [-0.15, -0.1) is 0 Å². The number of ether oxygens (including phenoxy) is 1. The van der Waals surface area contributed by atoms with E-state index in [1.165, 1.54) is 4.90 Å². The number of fused-ring (bicyclic) bond motifs is 1. The number of amidine groups is 1. The van der Waals surface area contributed by atoms with Crippen molar-refractivity contribution in [1.82, 2.24) is 9.80 Å². The standard InChI is InChI=1S/C11H13N3O4S/c12-11-14(6-4-19-5-7(6)18-11)10(17)3-13-8(15)1-2-9(13)16/h6-7,12H,1-5H2. The second-order valence-corrected chi connectivity index (χ2v) is 5.78. The van der Waals surface area contributed by atoms with Gasteiger partial charge in [-0.3, -0.25) is 29.6 Å². The van der Waals surface area contributed by atoms with Crippen LogP contribution in [-0.2, 0) is 19.1 Å². The predicted octanol–water partition coefficient (Wildman–Crippen LogP) is -0.587. The lowest BCUT2D eigenvalue weighted by Gasteiger charge is -2.22. The molecule has 3 amide bonds. The van der Waals surface area contributed by atoms with Crippen molar-refractivity contribution in [2.45, 2.75) is 25.0 Å². The first-order valence-electron chi connectivity index (χ1n) is 6.06. The highest BCUT2D eigenvalue weighted by Crippen LogP contribution is 2.31. The van der Waals surface area contributed by atoms with Crippen LogP contribution < -0.4 is 0 Å². The monoisotopic (exact) mass is 283 g/mol. The summed E-state index contributed by atoms with van der Waals surface area (Å²) in [6.07, 6.45) is 0.204. The SMILES string of the molecule is N=C1OC2CSCC2N1C(=O)CN1C(=O)CCC1=O. The van der Waals surface area contributed by atoms with Crippen molar-refractivity contribution in [3.63, 3.8) is 0 Å². The lowest BCUT2D eigenvalue weighted by molar-refractivity contribution is -0.144. The summed E-state index contributed by atoms with van der Waals surface area (Å²) in [5.74, 6) is 0.437. The average molecular weight is 283 g/mol. The van der Waals surface area contributed by atoms with Crippen LogP contribution in [0, 0.1) is 5.41 Å². The van der Waals surface area contributed by atoms with E-state index in [9.17, 15) is 14.4 Å². The molecule has 3 heterocycles. The van der Waals surface area contributed by atoms with Crippen molar-refractivity contribution < 1.29 is 19.1 Å². The Balaban J connectivity index is 1.71. The number of carbonyl (C=O) groups is 3. The molecule has 7 nitrogen and oxygen atoms in total. The van der Waals surface area contributed by atoms with E-state index < -0.39 is 5.91 Å². The van der Waals surface area contributed by atoms with Gasteiger partial charge in [-0.2, -0.15) is 11.8 Å². The lowest BCUT2D eigenvalue weighted by atomic mass is 10.2. The van der Waals surface area contributed by atoms with Gasteiger partial charge in [0, 0.05) is 24.3 Å². The summed E-state index contributed by atoms with van der Waals surface area (Å²) in [6.45, 7) is -0.280. The third-order valence-electron chi connectivity index (χ3n) is 3.53. The highest BCUT2D eigenvalue weighted by atomic mass is 32.2. The maximum absolute atomic E-state index is 12.2. The fraction of sp³-hybridized carbons (Fsp3) is 0.636. The van der Waals surface area contributed by atoms with E-state index in [0.717, 1.165) is 16.4 Å². The predicted molar refractivity (Wildman–Crippen MR) is 66.5 cm³/mol. The van der Waals surface area contributed by atoms with E-state index in [1.54, 1.807) is 11.8 Å². The molecule has 3 fully saturated rings. The molecule has 0 aromatic heterocycles. The molecular weight excluding hydrogens is 270 g/mol. The first-order valence-corrected chi connectivity index (χ1v) is 7.21. The number of carbonyl (C=O) groups excluding carboxylic acids is 3. The van der Waals surface area contributed by atoms with E-state index in [1.807, 2.05) is 0 Å². The molecule has 3 saturated heterocycles. The fourth-order valence-corrected chi connectivity index (χ4v) is 3.80. The molecule has 3 aliphatic heterocycles. The van der Waals surface area contributed by atoms with Crippen LogP contribution in [0.5, 0.6) is 0 Å². The van der Waals surface area contributed by atoms with Gasteiger partial charge in [0.1, 0.15) is 12.6 Å². The van der Waals surface area contributed by atoms with Crippen molar-refractivity contribution in [3.8, 4) is 0 Å². The molecule has 0 radical (unpaired) electrons. The maximum atomic E-state index is 12.2. The summed E-state index contributed by atoms with van der Waals surface area (Å²) in [5.41, 5.74) is 0. The Morgan fingerprint density at radius 3 is 2.68 bits per heavy atom. The van der Waals surface area contributed by atoms with E-state index in [2.05, 4.69) is 0 Å². The minimum absolute atomic E-state index is 0.133. The molecule has 19 heavy (non-hydrogen) atoms. The van der Waals surface area contributed by atoms with Crippen molar-refractivity contribution in [1.29, 1.82) is 5.41 Å². The first-order chi connectivity index (χ1) is 9.08. The Hall–Kier alpha value is -1.57. The highest BCUT2D eigenvalue weighted by Gasteiger charge is 2.47. The maximum Gasteiger partial charge on any atom is 0.292 e. The van der Waals surface area contributed by atoms with Gasteiger partial charge in [0.25, 0.3) is 11.9 Å². The largest absolute Gasteiger partial charge is 0.459 e. The number of likely N-dealkylation sites (tertiary alicyclic amines) is 1. The third kappa shape index (κ3) is 1.99. The van der Waals surface area contributed by atoms with Gasteiger partial charge < -0.3 is 4.74 Å². The zero-order valence-corrected chi connectivity index (χ0v) is 10.9.